The molecule has 0 bridgehead atoms. The maximum absolute atomic E-state index is 11.9. The summed E-state index contributed by atoms with van der Waals surface area (Å²) >= 11 is 0. The topological polar surface area (TPSA) is 52.6 Å². The molecule has 0 aromatic heterocycles. The monoisotopic (exact) mass is 344 g/mol. The van der Waals surface area contributed by atoms with Gasteiger partial charge in [0, 0.05) is 37.4 Å². The van der Waals surface area contributed by atoms with E-state index in [0.29, 0.717) is 5.56 Å². The summed E-state index contributed by atoms with van der Waals surface area (Å²) in [6, 6.07) is 0. The minimum atomic E-state index is -1.53. The molecule has 0 radical (unpaired) electrons. The van der Waals surface area contributed by atoms with E-state index in [1.54, 1.807) is 0 Å². The zero-order valence-corrected chi connectivity index (χ0v) is 16.6. The van der Waals surface area contributed by atoms with Gasteiger partial charge in [-0.2, -0.15) is 0 Å². The van der Waals surface area contributed by atoms with Crippen molar-refractivity contribution in [1.82, 2.24) is 5.32 Å². The third-order valence-electron chi connectivity index (χ3n) is 4.42. The van der Waals surface area contributed by atoms with Crippen molar-refractivity contribution in [1.29, 1.82) is 0 Å². The third-order valence-corrected chi connectivity index (χ3v) is 5.29. The lowest BCUT2D eigenvalue weighted by Gasteiger charge is -2.33. The van der Waals surface area contributed by atoms with E-state index in [1.165, 1.54) is 0 Å². The Morgan fingerprint density at radius 2 is 1.67 bits per heavy atom. The highest BCUT2D eigenvalue weighted by Crippen LogP contribution is 2.34. The predicted octanol–water partition coefficient (Wildman–Crippen LogP) is 2.95. The van der Waals surface area contributed by atoms with Crippen LogP contribution in [-0.2, 0) is 0 Å². The Morgan fingerprint density at radius 3 is 2.17 bits per heavy atom. The summed E-state index contributed by atoms with van der Waals surface area (Å²) in [6.07, 6.45) is 0. The second-order valence-electron chi connectivity index (χ2n) is 7.52. The van der Waals surface area contributed by atoms with Crippen molar-refractivity contribution in [3.8, 4) is 11.5 Å². The molecule has 130 valence electrons. The molecule has 0 unspecified atom stereocenters. The summed E-state index contributed by atoms with van der Waals surface area (Å²) in [4.78, 5) is 14.2. The molecule has 5 heteroatoms. The number of hydrogen-bond acceptors (Lipinski definition) is 3. The largest absolute Gasteiger partial charge is 0.478 e. The Bertz CT molecular complexity index is 718. The number of carboxylic acids is 1. The van der Waals surface area contributed by atoms with E-state index in [1.807, 2.05) is 13.8 Å². The molecule has 24 heavy (non-hydrogen) atoms. The van der Waals surface area contributed by atoms with Crippen molar-refractivity contribution >= 4 is 19.7 Å². The summed E-state index contributed by atoms with van der Waals surface area (Å²) in [6.45, 7) is 16.1. The van der Waals surface area contributed by atoms with Gasteiger partial charge in [-0.3, -0.25) is 0 Å². The first kappa shape index (κ1) is 18.6. The molecule has 1 aromatic rings. The Labute approximate surface area is 146 Å². The Hall–Kier alpha value is -1.77. The van der Waals surface area contributed by atoms with Crippen molar-refractivity contribution in [2.45, 2.75) is 40.4 Å². The minimum Gasteiger partial charge on any atom is -0.478 e. The maximum Gasteiger partial charge on any atom is 0.336 e. The van der Waals surface area contributed by atoms with Crippen LogP contribution in [0.1, 0.15) is 32.6 Å². The van der Waals surface area contributed by atoms with Crippen LogP contribution in [0.15, 0.2) is 0 Å². The molecular formula is C19H28N2O2Si. The van der Waals surface area contributed by atoms with Crippen LogP contribution in [0.4, 0.5) is 5.69 Å². The van der Waals surface area contributed by atoms with Crippen LogP contribution in [0.25, 0.3) is 0 Å². The number of carboxylic acid groups (broad SMARTS) is 1. The zero-order chi connectivity index (χ0) is 18.1. The van der Waals surface area contributed by atoms with Crippen molar-refractivity contribution in [2.75, 3.05) is 31.1 Å². The minimum absolute atomic E-state index is 0.411. The van der Waals surface area contributed by atoms with Crippen molar-refractivity contribution in [2.24, 2.45) is 0 Å². The second kappa shape index (κ2) is 7.00. The average Bonchev–Trinajstić information content (AvgIpc) is 2.46. The number of nitrogens with zero attached hydrogens (tertiary/aromatic N) is 1. The first-order valence-electron chi connectivity index (χ1n) is 8.49. The molecule has 1 heterocycles. The molecule has 1 fully saturated rings. The lowest BCUT2D eigenvalue weighted by molar-refractivity contribution is 0.0695. The highest BCUT2D eigenvalue weighted by molar-refractivity contribution is 6.83. The highest BCUT2D eigenvalue weighted by Gasteiger charge is 2.24. The Kier molecular flexibility index (Phi) is 5.41. The number of anilines is 1. The van der Waals surface area contributed by atoms with Gasteiger partial charge in [0.25, 0.3) is 0 Å². The smallest absolute Gasteiger partial charge is 0.336 e. The first-order valence-corrected chi connectivity index (χ1v) is 12.0. The van der Waals surface area contributed by atoms with E-state index < -0.39 is 14.0 Å². The van der Waals surface area contributed by atoms with Crippen molar-refractivity contribution < 1.29 is 9.90 Å². The summed E-state index contributed by atoms with van der Waals surface area (Å²) in [5, 5.41) is 13.1. The van der Waals surface area contributed by atoms with Gasteiger partial charge in [0.2, 0.25) is 0 Å². The van der Waals surface area contributed by atoms with E-state index in [2.05, 4.69) is 48.2 Å². The van der Waals surface area contributed by atoms with Gasteiger partial charge >= 0.3 is 5.97 Å². The standard InChI is InChI=1S/C19H28N2O2Si/c1-13-16(7-12-24(4,5)6)14(2)18(15(3)17(13)19(22)23)21-10-8-20-9-11-21/h20H,8-11H2,1-6H3,(H,22,23). The number of hydrogen-bond donors (Lipinski definition) is 2. The molecule has 2 N–H and O–H groups in total. The molecule has 1 aliphatic heterocycles. The molecule has 4 nitrogen and oxygen atoms in total. The number of rotatable bonds is 2. The molecule has 0 atom stereocenters. The SMILES string of the molecule is Cc1c(C#C[Si](C)(C)C)c(C)c(N2CCNCC2)c(C)c1C(=O)O. The van der Waals surface area contributed by atoms with Gasteiger partial charge in [-0.25, -0.2) is 4.79 Å². The van der Waals surface area contributed by atoms with Crippen LogP contribution < -0.4 is 10.2 Å². The fraction of sp³-hybridized carbons (Fsp3) is 0.526. The van der Waals surface area contributed by atoms with Crippen LogP contribution in [0.2, 0.25) is 19.6 Å². The molecule has 1 aliphatic rings. The predicted molar refractivity (Wildman–Crippen MR) is 103 cm³/mol. The summed E-state index contributed by atoms with van der Waals surface area (Å²) in [5.74, 6) is 2.47. The van der Waals surface area contributed by atoms with Gasteiger partial charge in [0.1, 0.15) is 8.07 Å². The molecule has 1 saturated heterocycles. The Balaban J connectivity index is 2.72. The fourth-order valence-electron chi connectivity index (χ4n) is 3.33. The maximum atomic E-state index is 11.9. The van der Waals surface area contributed by atoms with Crippen LogP contribution in [0.5, 0.6) is 0 Å². The summed E-state index contributed by atoms with van der Waals surface area (Å²) in [7, 11) is -1.53. The van der Waals surface area contributed by atoms with Gasteiger partial charge in [0.05, 0.1) is 5.56 Å². The molecule has 0 amide bonds. The van der Waals surface area contributed by atoms with E-state index in [-0.39, 0.29) is 0 Å². The fourth-order valence-corrected chi connectivity index (χ4v) is 3.83. The van der Waals surface area contributed by atoms with Crippen LogP contribution in [0.3, 0.4) is 0 Å². The van der Waals surface area contributed by atoms with Crippen molar-refractivity contribution in [3.63, 3.8) is 0 Å². The second-order valence-corrected chi connectivity index (χ2v) is 12.3. The summed E-state index contributed by atoms with van der Waals surface area (Å²) in [5.41, 5.74) is 8.53. The van der Waals surface area contributed by atoms with Crippen molar-refractivity contribution in [3.05, 3.63) is 27.8 Å². The van der Waals surface area contributed by atoms with E-state index in [9.17, 15) is 9.90 Å². The van der Waals surface area contributed by atoms with Gasteiger partial charge < -0.3 is 15.3 Å². The molecule has 0 spiro atoms. The molecule has 0 aliphatic carbocycles. The van der Waals surface area contributed by atoms with Crippen LogP contribution in [-0.4, -0.2) is 45.3 Å². The van der Waals surface area contributed by atoms with Gasteiger partial charge in [0.15, 0.2) is 0 Å². The normalized spacial score (nSPS) is 15.0. The summed E-state index contributed by atoms with van der Waals surface area (Å²) < 4.78 is 0. The van der Waals surface area contributed by atoms with Crippen LogP contribution in [0, 0.1) is 32.2 Å². The Morgan fingerprint density at radius 1 is 1.08 bits per heavy atom. The highest BCUT2D eigenvalue weighted by atomic mass is 28.3. The number of carbonyl (C=O) groups is 1. The molecular weight excluding hydrogens is 316 g/mol. The molecule has 1 aromatic carbocycles. The average molecular weight is 345 g/mol. The van der Waals surface area contributed by atoms with Crippen LogP contribution >= 0.6 is 0 Å². The number of nitrogens with one attached hydrogen (secondary N) is 1. The van der Waals surface area contributed by atoms with E-state index in [0.717, 1.165) is 54.1 Å². The van der Waals surface area contributed by atoms with E-state index >= 15 is 0 Å². The molecule has 0 saturated carbocycles. The third kappa shape index (κ3) is 3.82. The van der Waals surface area contributed by atoms with Gasteiger partial charge in [-0.1, -0.05) is 25.6 Å². The quantitative estimate of drug-likeness (QED) is 0.640. The zero-order valence-electron chi connectivity index (χ0n) is 15.6. The van der Waals surface area contributed by atoms with Gasteiger partial charge in [-0.15, -0.1) is 5.54 Å². The molecule has 2 rings (SSSR count). The first-order chi connectivity index (χ1) is 11.1. The number of aromatic carboxylic acids is 1. The van der Waals surface area contributed by atoms with Gasteiger partial charge in [-0.05, 0) is 37.5 Å². The number of piperazine rings is 1. The number of benzene rings is 1. The lowest BCUT2D eigenvalue weighted by Crippen LogP contribution is -2.44. The van der Waals surface area contributed by atoms with E-state index in [4.69, 9.17) is 0 Å². The lowest BCUT2D eigenvalue weighted by atomic mass is 9.90.